The van der Waals surface area contributed by atoms with Crippen molar-refractivity contribution in [2.75, 3.05) is 13.1 Å². The minimum absolute atomic E-state index is 0.0444. The summed E-state index contributed by atoms with van der Waals surface area (Å²) in [5, 5.41) is 3.76. The smallest absolute Gasteiger partial charge is 0.237 e. The van der Waals surface area contributed by atoms with Crippen LogP contribution in [0.25, 0.3) is 0 Å². The van der Waals surface area contributed by atoms with Crippen molar-refractivity contribution in [3.05, 3.63) is 34.9 Å². The van der Waals surface area contributed by atoms with E-state index >= 15 is 0 Å². The molecule has 1 heterocycles. The Balaban J connectivity index is 1.84. The normalized spacial score (nSPS) is 19.1. The summed E-state index contributed by atoms with van der Waals surface area (Å²) in [7, 11) is 0. The average Bonchev–Trinajstić information content (AvgIpc) is 2.91. The summed E-state index contributed by atoms with van der Waals surface area (Å²) in [4.78, 5) is 14.7. The van der Waals surface area contributed by atoms with Crippen molar-refractivity contribution >= 4 is 17.5 Å². The first kappa shape index (κ1) is 16.3. The average molecular weight is 309 g/mol. The van der Waals surface area contributed by atoms with Crippen LogP contribution in [0.15, 0.2) is 24.3 Å². The molecular formula is C17H25ClN2O. The highest BCUT2D eigenvalue weighted by Gasteiger charge is 2.29. The molecule has 1 fully saturated rings. The van der Waals surface area contributed by atoms with Gasteiger partial charge in [0.2, 0.25) is 5.91 Å². The van der Waals surface area contributed by atoms with Crippen molar-refractivity contribution in [2.24, 2.45) is 5.92 Å². The molecule has 0 unspecified atom stereocenters. The molecule has 116 valence electrons. The number of rotatable bonds is 6. The van der Waals surface area contributed by atoms with Gasteiger partial charge in [-0.1, -0.05) is 37.6 Å². The summed E-state index contributed by atoms with van der Waals surface area (Å²) in [6, 6.07) is 7.68. The molecule has 3 nitrogen and oxygen atoms in total. The zero-order valence-electron chi connectivity index (χ0n) is 12.9. The highest BCUT2D eigenvalue weighted by molar-refractivity contribution is 6.30. The van der Waals surface area contributed by atoms with Crippen LogP contribution >= 0.6 is 11.6 Å². The molecule has 1 N–H and O–H groups in total. The minimum Gasteiger partial charge on any atom is -0.351 e. The fraction of sp³-hybridized carbons (Fsp3) is 0.588. The molecule has 0 spiro atoms. The summed E-state index contributed by atoms with van der Waals surface area (Å²) in [5.41, 5.74) is 1.04. The molecule has 0 aliphatic carbocycles. The Morgan fingerprint density at radius 3 is 3.00 bits per heavy atom. The number of likely N-dealkylation sites (tertiary alicyclic amines) is 1. The third-order valence-corrected chi connectivity index (χ3v) is 4.25. The Hall–Kier alpha value is -1.06. The number of hydrogen-bond donors (Lipinski definition) is 1. The van der Waals surface area contributed by atoms with E-state index in [-0.39, 0.29) is 11.9 Å². The molecule has 1 atom stereocenters. The molecule has 2 rings (SSSR count). The van der Waals surface area contributed by atoms with E-state index < -0.39 is 0 Å². The summed E-state index contributed by atoms with van der Waals surface area (Å²) < 4.78 is 0. The Kier molecular flexibility index (Phi) is 6.07. The van der Waals surface area contributed by atoms with Crippen LogP contribution in [0.2, 0.25) is 5.02 Å². The fourth-order valence-corrected chi connectivity index (χ4v) is 2.98. The molecule has 4 heteroatoms. The maximum absolute atomic E-state index is 12.4. The van der Waals surface area contributed by atoms with Crippen molar-refractivity contribution in [3.8, 4) is 0 Å². The van der Waals surface area contributed by atoms with Crippen molar-refractivity contribution in [2.45, 2.75) is 45.7 Å². The first-order valence-corrected chi connectivity index (χ1v) is 8.20. The van der Waals surface area contributed by atoms with Crippen LogP contribution in [0.4, 0.5) is 0 Å². The fourth-order valence-electron chi connectivity index (χ4n) is 2.77. The Morgan fingerprint density at radius 1 is 1.48 bits per heavy atom. The number of carbonyl (C=O) groups is 1. The quantitative estimate of drug-likeness (QED) is 0.873. The lowest BCUT2D eigenvalue weighted by molar-refractivity contribution is -0.125. The lowest BCUT2D eigenvalue weighted by Crippen LogP contribution is -2.43. The van der Waals surface area contributed by atoms with Gasteiger partial charge in [-0.05, 0) is 56.0 Å². The summed E-state index contributed by atoms with van der Waals surface area (Å²) in [6.45, 7) is 7.07. The summed E-state index contributed by atoms with van der Waals surface area (Å²) in [6.07, 6.45) is 3.24. The first-order chi connectivity index (χ1) is 10.1. The number of carbonyl (C=O) groups excluding carboxylic acids is 1. The van der Waals surface area contributed by atoms with Crippen LogP contribution in [0.1, 0.15) is 38.7 Å². The molecule has 1 aliphatic heterocycles. The van der Waals surface area contributed by atoms with Gasteiger partial charge in [0.05, 0.1) is 6.04 Å². The highest BCUT2D eigenvalue weighted by Crippen LogP contribution is 2.19. The van der Waals surface area contributed by atoms with E-state index in [0.29, 0.717) is 17.5 Å². The van der Waals surface area contributed by atoms with Crippen LogP contribution in [-0.2, 0) is 11.3 Å². The van der Waals surface area contributed by atoms with Gasteiger partial charge < -0.3 is 5.32 Å². The van der Waals surface area contributed by atoms with Gasteiger partial charge in [-0.15, -0.1) is 0 Å². The van der Waals surface area contributed by atoms with E-state index in [0.717, 1.165) is 37.9 Å². The third kappa shape index (κ3) is 5.01. The lowest BCUT2D eigenvalue weighted by Gasteiger charge is -2.24. The molecule has 0 saturated carbocycles. The zero-order valence-corrected chi connectivity index (χ0v) is 13.7. The van der Waals surface area contributed by atoms with Crippen molar-refractivity contribution in [1.29, 1.82) is 0 Å². The van der Waals surface area contributed by atoms with E-state index in [1.807, 2.05) is 24.3 Å². The Morgan fingerprint density at radius 2 is 2.29 bits per heavy atom. The molecule has 1 amide bonds. The molecule has 1 aliphatic rings. The number of halogens is 1. The second-order valence-electron chi connectivity index (χ2n) is 6.22. The number of amides is 1. The summed E-state index contributed by atoms with van der Waals surface area (Å²) >= 11 is 5.96. The monoisotopic (exact) mass is 308 g/mol. The van der Waals surface area contributed by atoms with Crippen LogP contribution in [0, 0.1) is 5.92 Å². The van der Waals surface area contributed by atoms with E-state index in [4.69, 9.17) is 11.6 Å². The molecule has 0 bridgehead atoms. The highest BCUT2D eigenvalue weighted by atomic mass is 35.5. The van der Waals surface area contributed by atoms with E-state index in [9.17, 15) is 4.79 Å². The Bertz CT molecular complexity index is 476. The maximum Gasteiger partial charge on any atom is 0.237 e. The maximum atomic E-state index is 12.4. The molecule has 1 aromatic rings. The van der Waals surface area contributed by atoms with E-state index in [1.54, 1.807) is 0 Å². The number of benzene rings is 1. The van der Waals surface area contributed by atoms with Crippen LogP contribution < -0.4 is 5.32 Å². The zero-order chi connectivity index (χ0) is 15.2. The molecular weight excluding hydrogens is 284 g/mol. The Labute approximate surface area is 132 Å². The third-order valence-electron chi connectivity index (χ3n) is 4.02. The number of hydrogen-bond acceptors (Lipinski definition) is 2. The predicted octanol–water partition coefficient (Wildman–Crippen LogP) is 3.47. The number of nitrogens with one attached hydrogen (secondary N) is 1. The van der Waals surface area contributed by atoms with Gasteiger partial charge in [-0.3, -0.25) is 9.69 Å². The van der Waals surface area contributed by atoms with Crippen LogP contribution in [-0.4, -0.2) is 29.9 Å². The van der Waals surface area contributed by atoms with Crippen molar-refractivity contribution in [3.63, 3.8) is 0 Å². The van der Waals surface area contributed by atoms with Gasteiger partial charge >= 0.3 is 0 Å². The second-order valence-corrected chi connectivity index (χ2v) is 6.66. The van der Waals surface area contributed by atoms with E-state index in [2.05, 4.69) is 24.1 Å². The van der Waals surface area contributed by atoms with Gasteiger partial charge in [0.1, 0.15) is 0 Å². The van der Waals surface area contributed by atoms with Crippen LogP contribution in [0.3, 0.4) is 0 Å². The second kappa shape index (κ2) is 7.81. The standard InChI is InChI=1S/C17H25ClN2O/c1-13(2)8-10-20-9-4-7-16(20)17(21)19-12-14-5-3-6-15(18)11-14/h3,5-6,11,13,16H,4,7-10,12H2,1-2H3,(H,19,21)/t16-/m0/s1. The van der Waals surface area contributed by atoms with Gasteiger partial charge in [-0.2, -0.15) is 0 Å². The van der Waals surface area contributed by atoms with Crippen molar-refractivity contribution < 1.29 is 4.79 Å². The largest absolute Gasteiger partial charge is 0.351 e. The minimum atomic E-state index is 0.0444. The first-order valence-electron chi connectivity index (χ1n) is 7.82. The molecule has 0 radical (unpaired) electrons. The SMILES string of the molecule is CC(C)CCN1CCC[C@H]1C(=O)NCc1cccc(Cl)c1. The van der Waals surface area contributed by atoms with Gasteiger partial charge in [-0.25, -0.2) is 0 Å². The molecule has 0 aromatic heterocycles. The molecule has 21 heavy (non-hydrogen) atoms. The predicted molar refractivity (Wildman–Crippen MR) is 87.3 cm³/mol. The summed E-state index contributed by atoms with van der Waals surface area (Å²) in [5.74, 6) is 0.831. The van der Waals surface area contributed by atoms with Gasteiger partial charge in [0, 0.05) is 11.6 Å². The number of nitrogens with zero attached hydrogens (tertiary/aromatic N) is 1. The van der Waals surface area contributed by atoms with Gasteiger partial charge in [0.15, 0.2) is 0 Å². The van der Waals surface area contributed by atoms with Crippen molar-refractivity contribution in [1.82, 2.24) is 10.2 Å². The van der Waals surface area contributed by atoms with Gasteiger partial charge in [0.25, 0.3) is 0 Å². The van der Waals surface area contributed by atoms with Crippen LogP contribution in [0.5, 0.6) is 0 Å². The molecule has 1 aromatic carbocycles. The lowest BCUT2D eigenvalue weighted by atomic mass is 10.1. The van der Waals surface area contributed by atoms with E-state index in [1.165, 1.54) is 0 Å². The molecule has 1 saturated heterocycles. The topological polar surface area (TPSA) is 32.3 Å².